The number of aliphatic carboxylic acids is 1. The Labute approximate surface area is 180 Å². The molecule has 0 bridgehead atoms. The van der Waals surface area contributed by atoms with Crippen LogP contribution in [0.4, 0.5) is 18.0 Å². The van der Waals surface area contributed by atoms with E-state index in [-0.39, 0.29) is 17.3 Å². The summed E-state index contributed by atoms with van der Waals surface area (Å²) in [6, 6.07) is 1.60. The number of hydrogen-bond donors (Lipinski definition) is 2. The first kappa shape index (κ1) is 21.7. The van der Waals surface area contributed by atoms with E-state index >= 15 is 0 Å². The summed E-state index contributed by atoms with van der Waals surface area (Å²) < 4.78 is 51.5. The Kier molecular flexibility index (Phi) is 5.63. The van der Waals surface area contributed by atoms with E-state index in [0.717, 1.165) is 0 Å². The monoisotopic (exact) mass is 466 g/mol. The molecule has 16 heteroatoms. The Balaban J connectivity index is 1.73. The van der Waals surface area contributed by atoms with Crippen LogP contribution in [0.25, 0.3) is 28.7 Å². The molecule has 4 aromatic rings. The van der Waals surface area contributed by atoms with Crippen LogP contribution in [0.3, 0.4) is 0 Å². The van der Waals surface area contributed by atoms with Gasteiger partial charge in [0.15, 0.2) is 12.6 Å². The molecule has 0 aliphatic rings. The molecule has 4 heterocycles. The van der Waals surface area contributed by atoms with Crippen LogP contribution >= 0.6 is 0 Å². The minimum atomic E-state index is -4.90. The first-order valence-corrected chi connectivity index (χ1v) is 9.09. The number of nitrogens with one attached hydrogen (secondary N) is 1. The maximum absolute atomic E-state index is 13.3. The number of imidazole rings is 2. The summed E-state index contributed by atoms with van der Waals surface area (Å²) in [7, 11) is 0. The second-order valence-corrected chi connectivity index (χ2v) is 6.34. The van der Waals surface area contributed by atoms with Gasteiger partial charge in [0.25, 0.3) is 5.82 Å². The highest BCUT2D eigenvalue weighted by Gasteiger charge is 2.38. The van der Waals surface area contributed by atoms with Crippen molar-refractivity contribution in [2.75, 3.05) is 6.61 Å². The molecule has 0 aliphatic carbocycles. The van der Waals surface area contributed by atoms with E-state index < -0.39 is 43.9 Å². The smallest absolute Gasteiger partial charge is 0.481 e. The molecule has 0 unspecified atom stereocenters. The summed E-state index contributed by atoms with van der Waals surface area (Å²) in [6.45, 7) is -1.29. The molecule has 0 aromatic carbocycles. The quantitative estimate of drug-likeness (QED) is 0.385. The molecule has 4 aromatic heterocycles. The van der Waals surface area contributed by atoms with E-state index in [0.29, 0.717) is 16.1 Å². The number of rotatable bonds is 7. The van der Waals surface area contributed by atoms with Gasteiger partial charge in [-0.05, 0) is 6.07 Å². The molecule has 0 saturated carbocycles. The second kappa shape index (κ2) is 8.56. The molecule has 0 spiro atoms. The Morgan fingerprint density at radius 3 is 2.73 bits per heavy atom. The topological polar surface area (TPSA) is 162 Å². The largest absolute Gasteiger partial charge is 0.510 e. The lowest BCUT2D eigenvalue weighted by Gasteiger charge is -2.07. The van der Waals surface area contributed by atoms with Gasteiger partial charge in [-0.3, -0.25) is 9.20 Å². The van der Waals surface area contributed by atoms with E-state index in [9.17, 15) is 22.8 Å². The third-order valence-electron chi connectivity index (χ3n) is 4.13. The van der Waals surface area contributed by atoms with Gasteiger partial charge >= 0.3 is 18.3 Å². The first-order chi connectivity index (χ1) is 15.7. The number of ether oxygens (including phenoxy) is 2. The van der Waals surface area contributed by atoms with Gasteiger partial charge in [-0.25, -0.2) is 29.4 Å². The minimum Gasteiger partial charge on any atom is -0.481 e. The van der Waals surface area contributed by atoms with Gasteiger partial charge in [-0.15, -0.1) is 5.10 Å². The molecule has 0 fully saturated rings. The molecule has 0 saturated heterocycles. The Hall–Kier alpha value is -4.50. The molecule has 0 amide bonds. The average molecular weight is 466 g/mol. The average Bonchev–Trinajstić information content (AvgIpc) is 3.48. The summed E-state index contributed by atoms with van der Waals surface area (Å²) >= 11 is 0. The van der Waals surface area contributed by atoms with Crippen LogP contribution in [-0.4, -0.2) is 62.9 Å². The fourth-order valence-electron chi connectivity index (χ4n) is 2.79. The summed E-state index contributed by atoms with van der Waals surface area (Å²) in [5.74, 6) is -2.89. The third-order valence-corrected chi connectivity index (χ3v) is 4.13. The first-order valence-electron chi connectivity index (χ1n) is 9.09. The minimum absolute atomic E-state index is 0.0382. The number of carboxylic acids is 1. The maximum Gasteiger partial charge on any atom is 0.510 e. The number of aromatic amines is 1. The molecule has 172 valence electrons. The van der Waals surface area contributed by atoms with Crippen molar-refractivity contribution in [2.24, 2.45) is 0 Å². The van der Waals surface area contributed by atoms with Crippen LogP contribution < -0.4 is 0 Å². The van der Waals surface area contributed by atoms with Gasteiger partial charge in [-0.1, -0.05) is 0 Å². The van der Waals surface area contributed by atoms with Crippen LogP contribution in [0, 0.1) is 0 Å². The van der Waals surface area contributed by atoms with Gasteiger partial charge in [0.1, 0.15) is 18.0 Å². The van der Waals surface area contributed by atoms with E-state index in [1.807, 2.05) is 0 Å². The highest BCUT2D eigenvalue weighted by molar-refractivity contribution is 5.76. The van der Waals surface area contributed by atoms with E-state index in [1.165, 1.54) is 23.1 Å². The number of carbonyl (C=O) groups is 2. The number of aromatic nitrogens is 8. The number of hydrogen-bond acceptors (Lipinski definition) is 9. The summed E-state index contributed by atoms with van der Waals surface area (Å²) in [5.41, 5.74) is 0.661. The Morgan fingerprint density at radius 2 is 2.03 bits per heavy atom. The number of fused-ring (bicyclic) bond motifs is 1. The number of carbonyl (C=O) groups excluding carboxylic acids is 1. The van der Waals surface area contributed by atoms with E-state index in [2.05, 4.69) is 34.8 Å². The second-order valence-electron chi connectivity index (χ2n) is 6.34. The number of H-pyrrole nitrogens is 1. The zero-order valence-electron chi connectivity index (χ0n) is 16.4. The number of nitrogens with zero attached hydrogens (tertiary/aromatic N) is 7. The summed E-state index contributed by atoms with van der Waals surface area (Å²) in [5, 5.41) is 11.9. The van der Waals surface area contributed by atoms with Gasteiger partial charge in [0.2, 0.25) is 5.78 Å². The Bertz CT molecular complexity index is 1300. The van der Waals surface area contributed by atoms with Crippen molar-refractivity contribution < 1.29 is 37.3 Å². The van der Waals surface area contributed by atoms with Gasteiger partial charge < -0.3 is 19.6 Å². The molecule has 0 aliphatic heterocycles. The molecule has 4 rings (SSSR count). The van der Waals surface area contributed by atoms with E-state index in [1.54, 1.807) is 12.3 Å². The SMILES string of the molecule is O=C(O)CCOC(=O)OCn1nc(C(F)(F)F)nc1-c1nc2ncccn2c1-c1cnc[nH]1. The molecule has 33 heavy (non-hydrogen) atoms. The van der Waals surface area contributed by atoms with Crippen LogP contribution in [0.15, 0.2) is 31.0 Å². The Morgan fingerprint density at radius 1 is 1.21 bits per heavy atom. The molecular weight excluding hydrogens is 453 g/mol. The van der Waals surface area contributed by atoms with Crippen molar-refractivity contribution in [2.45, 2.75) is 19.3 Å². The molecule has 2 N–H and O–H groups in total. The highest BCUT2D eigenvalue weighted by Crippen LogP contribution is 2.33. The molecule has 0 atom stereocenters. The van der Waals surface area contributed by atoms with Gasteiger partial charge in [-0.2, -0.15) is 13.2 Å². The van der Waals surface area contributed by atoms with Crippen molar-refractivity contribution in [3.05, 3.63) is 36.8 Å². The number of halogens is 3. The van der Waals surface area contributed by atoms with Crippen molar-refractivity contribution in [3.8, 4) is 22.9 Å². The lowest BCUT2D eigenvalue weighted by Crippen LogP contribution is -2.15. The zero-order chi connectivity index (χ0) is 23.6. The lowest BCUT2D eigenvalue weighted by molar-refractivity contribution is -0.145. The maximum atomic E-state index is 13.3. The lowest BCUT2D eigenvalue weighted by atomic mass is 10.2. The van der Waals surface area contributed by atoms with Crippen LogP contribution in [-0.2, 0) is 27.2 Å². The fourth-order valence-corrected chi connectivity index (χ4v) is 2.79. The van der Waals surface area contributed by atoms with Crippen LogP contribution in [0.1, 0.15) is 12.2 Å². The summed E-state index contributed by atoms with van der Waals surface area (Å²) in [6.07, 6.45) is -0.811. The molecule has 13 nitrogen and oxygen atoms in total. The fraction of sp³-hybridized carbons (Fsp3) is 0.235. The predicted molar refractivity (Wildman–Crippen MR) is 99.3 cm³/mol. The van der Waals surface area contributed by atoms with Gasteiger partial charge in [0.05, 0.1) is 24.6 Å². The number of carboxylic acid groups (broad SMARTS) is 1. The zero-order valence-corrected chi connectivity index (χ0v) is 16.4. The molecule has 0 radical (unpaired) electrons. The highest BCUT2D eigenvalue weighted by atomic mass is 19.4. The van der Waals surface area contributed by atoms with E-state index in [4.69, 9.17) is 9.84 Å². The normalized spacial score (nSPS) is 11.6. The standard InChI is InChI=1S/C17H13F3N8O5/c18-17(19,20)14-25-13(28(26-14)8-33-16(31)32-5-2-10(29)30)11-12(9-6-21-7-23-9)27-4-1-3-22-15(27)24-11/h1,3-4,6-7H,2,5,8H2,(H,21,23)(H,29,30). The predicted octanol–water partition coefficient (Wildman–Crippen LogP) is 1.98. The molecular formula is C17H13F3N8O5. The van der Waals surface area contributed by atoms with Crippen molar-refractivity contribution in [1.82, 2.24) is 39.1 Å². The van der Waals surface area contributed by atoms with Crippen LogP contribution in [0.5, 0.6) is 0 Å². The van der Waals surface area contributed by atoms with Crippen molar-refractivity contribution in [1.29, 1.82) is 0 Å². The summed E-state index contributed by atoms with van der Waals surface area (Å²) in [4.78, 5) is 40.8. The number of alkyl halides is 3. The van der Waals surface area contributed by atoms with Crippen molar-refractivity contribution in [3.63, 3.8) is 0 Å². The third kappa shape index (κ3) is 4.58. The van der Waals surface area contributed by atoms with Crippen molar-refractivity contribution >= 4 is 17.9 Å². The van der Waals surface area contributed by atoms with Gasteiger partial charge in [0, 0.05) is 12.4 Å². The van der Waals surface area contributed by atoms with Crippen LogP contribution in [0.2, 0.25) is 0 Å².